The third kappa shape index (κ3) is 1.58. The molecule has 2 rings (SSSR count). The van der Waals surface area contributed by atoms with E-state index < -0.39 is 0 Å². The summed E-state index contributed by atoms with van der Waals surface area (Å²) in [6.07, 6.45) is 0. The Kier molecular flexibility index (Phi) is 2.39. The molecule has 0 fully saturated rings. The molecule has 2 aromatic rings. The van der Waals surface area contributed by atoms with Crippen molar-refractivity contribution >= 4 is 10.9 Å². The van der Waals surface area contributed by atoms with Gasteiger partial charge in [0.15, 0.2) is 0 Å². The highest BCUT2D eigenvalue weighted by atomic mass is 16.5. The molecule has 0 aliphatic heterocycles. The summed E-state index contributed by atoms with van der Waals surface area (Å²) >= 11 is 0. The number of aromatic nitrogens is 2. The average Bonchev–Trinajstić information content (AvgIpc) is 2.56. The first kappa shape index (κ1) is 10.0. The first-order chi connectivity index (χ1) is 7.13. The summed E-state index contributed by atoms with van der Waals surface area (Å²) in [5, 5.41) is 5.72. The smallest absolute Gasteiger partial charge is 0.119 e. The van der Waals surface area contributed by atoms with E-state index in [4.69, 9.17) is 4.74 Å². The third-order valence-electron chi connectivity index (χ3n) is 2.64. The predicted octanol–water partition coefficient (Wildman–Crippen LogP) is 2.93. The molecule has 15 heavy (non-hydrogen) atoms. The van der Waals surface area contributed by atoms with E-state index in [1.54, 1.807) is 7.11 Å². The van der Waals surface area contributed by atoms with Gasteiger partial charge < -0.3 is 4.74 Å². The molecule has 3 heteroatoms. The van der Waals surface area contributed by atoms with Gasteiger partial charge in [-0.3, -0.25) is 4.68 Å². The number of methoxy groups -OCH3 is 1. The van der Waals surface area contributed by atoms with Gasteiger partial charge in [-0.05, 0) is 39.0 Å². The Labute approximate surface area is 89.7 Å². The van der Waals surface area contributed by atoms with Crippen LogP contribution >= 0.6 is 0 Å². The molecule has 0 N–H and O–H groups in total. The van der Waals surface area contributed by atoms with Crippen LogP contribution < -0.4 is 4.74 Å². The highest BCUT2D eigenvalue weighted by Gasteiger charge is 2.09. The average molecular weight is 204 g/mol. The number of rotatable bonds is 2. The lowest BCUT2D eigenvalue weighted by atomic mass is 10.2. The molecule has 0 aliphatic rings. The summed E-state index contributed by atoms with van der Waals surface area (Å²) < 4.78 is 7.26. The lowest BCUT2D eigenvalue weighted by Gasteiger charge is -2.06. The molecule has 0 unspecified atom stereocenters. The molecular weight excluding hydrogens is 188 g/mol. The number of hydrogen-bond donors (Lipinski definition) is 0. The van der Waals surface area contributed by atoms with Gasteiger partial charge in [0.05, 0.1) is 12.6 Å². The van der Waals surface area contributed by atoms with Crippen LogP contribution in [0.5, 0.6) is 5.75 Å². The van der Waals surface area contributed by atoms with Crippen LogP contribution in [0.4, 0.5) is 0 Å². The molecule has 0 radical (unpaired) electrons. The fraction of sp³-hybridized carbons (Fsp3) is 0.417. The number of ether oxygens (including phenoxy) is 1. The van der Waals surface area contributed by atoms with Gasteiger partial charge in [0.1, 0.15) is 5.75 Å². The van der Waals surface area contributed by atoms with Crippen LogP contribution in [-0.2, 0) is 0 Å². The number of fused-ring (bicyclic) bond motifs is 1. The third-order valence-corrected chi connectivity index (χ3v) is 2.64. The molecule has 0 atom stereocenters. The molecular formula is C12H16N2O. The second-order valence-corrected chi connectivity index (χ2v) is 4.01. The predicted molar refractivity (Wildman–Crippen MR) is 61.4 cm³/mol. The second kappa shape index (κ2) is 3.57. The largest absolute Gasteiger partial charge is 0.497 e. The van der Waals surface area contributed by atoms with E-state index in [9.17, 15) is 0 Å². The number of nitrogens with zero attached hydrogens (tertiary/aromatic N) is 2. The summed E-state index contributed by atoms with van der Waals surface area (Å²) in [6, 6.07) is 6.37. The molecule has 1 aromatic heterocycles. The first-order valence-corrected chi connectivity index (χ1v) is 5.16. The van der Waals surface area contributed by atoms with Crippen molar-refractivity contribution < 1.29 is 4.74 Å². The Morgan fingerprint density at radius 1 is 1.33 bits per heavy atom. The molecule has 0 saturated carbocycles. The highest BCUT2D eigenvalue weighted by Crippen LogP contribution is 2.24. The Hall–Kier alpha value is -1.51. The van der Waals surface area contributed by atoms with Gasteiger partial charge in [-0.25, -0.2) is 0 Å². The monoisotopic (exact) mass is 204 g/mol. The Morgan fingerprint density at radius 2 is 2.07 bits per heavy atom. The fourth-order valence-electron chi connectivity index (χ4n) is 1.84. The fourth-order valence-corrected chi connectivity index (χ4v) is 1.84. The van der Waals surface area contributed by atoms with Crippen molar-refractivity contribution in [1.29, 1.82) is 0 Å². The van der Waals surface area contributed by atoms with Crippen LogP contribution in [0.1, 0.15) is 25.6 Å². The minimum atomic E-state index is 0.392. The number of hydrogen-bond acceptors (Lipinski definition) is 2. The Morgan fingerprint density at radius 3 is 2.67 bits per heavy atom. The van der Waals surface area contributed by atoms with Crippen LogP contribution in [0, 0.1) is 6.92 Å². The molecule has 0 amide bonds. The van der Waals surface area contributed by atoms with Crippen molar-refractivity contribution in [2.24, 2.45) is 0 Å². The molecule has 80 valence electrons. The zero-order valence-electron chi connectivity index (χ0n) is 9.61. The van der Waals surface area contributed by atoms with Gasteiger partial charge in [0.2, 0.25) is 0 Å². The van der Waals surface area contributed by atoms with Crippen LogP contribution in [0.2, 0.25) is 0 Å². The van der Waals surface area contributed by atoms with Gasteiger partial charge in [-0.2, -0.15) is 5.10 Å². The van der Waals surface area contributed by atoms with Crippen molar-refractivity contribution in [3.63, 3.8) is 0 Å². The van der Waals surface area contributed by atoms with E-state index in [2.05, 4.69) is 25.9 Å². The van der Waals surface area contributed by atoms with E-state index in [1.165, 1.54) is 11.1 Å². The van der Waals surface area contributed by atoms with Gasteiger partial charge in [0.25, 0.3) is 0 Å². The molecule has 0 saturated heterocycles. The lowest BCUT2D eigenvalue weighted by Crippen LogP contribution is -2.04. The number of benzene rings is 1. The molecule has 0 aliphatic carbocycles. The van der Waals surface area contributed by atoms with E-state index >= 15 is 0 Å². The summed E-state index contributed by atoms with van der Waals surface area (Å²) in [5.41, 5.74) is 2.22. The molecule has 1 aromatic carbocycles. The van der Waals surface area contributed by atoms with Crippen molar-refractivity contribution in [2.75, 3.05) is 7.11 Å². The minimum absolute atomic E-state index is 0.392. The summed E-state index contributed by atoms with van der Waals surface area (Å²) in [7, 11) is 1.68. The molecule has 0 bridgehead atoms. The summed E-state index contributed by atoms with van der Waals surface area (Å²) in [6.45, 7) is 6.36. The summed E-state index contributed by atoms with van der Waals surface area (Å²) in [4.78, 5) is 0. The first-order valence-electron chi connectivity index (χ1n) is 5.16. The van der Waals surface area contributed by atoms with E-state index in [-0.39, 0.29) is 0 Å². The number of aryl methyl sites for hydroxylation is 1. The van der Waals surface area contributed by atoms with E-state index in [0.29, 0.717) is 6.04 Å². The van der Waals surface area contributed by atoms with Crippen LogP contribution in [0.15, 0.2) is 18.2 Å². The second-order valence-electron chi connectivity index (χ2n) is 4.01. The maximum Gasteiger partial charge on any atom is 0.119 e. The van der Waals surface area contributed by atoms with Crippen LogP contribution in [0.25, 0.3) is 10.9 Å². The van der Waals surface area contributed by atoms with Crippen molar-refractivity contribution in [3.05, 3.63) is 23.9 Å². The van der Waals surface area contributed by atoms with Crippen molar-refractivity contribution in [1.82, 2.24) is 9.78 Å². The van der Waals surface area contributed by atoms with Crippen LogP contribution in [-0.4, -0.2) is 16.9 Å². The van der Waals surface area contributed by atoms with Gasteiger partial charge >= 0.3 is 0 Å². The van der Waals surface area contributed by atoms with Gasteiger partial charge in [-0.15, -0.1) is 0 Å². The Balaban J connectivity index is 2.66. The maximum absolute atomic E-state index is 5.21. The van der Waals surface area contributed by atoms with E-state index in [1.807, 2.05) is 22.9 Å². The van der Waals surface area contributed by atoms with Gasteiger partial charge in [0, 0.05) is 17.1 Å². The normalized spacial score (nSPS) is 11.3. The maximum atomic E-state index is 5.21. The standard InChI is InChI=1S/C12H16N2O/c1-8(2)14-9(3)11-7-10(15-4)5-6-12(11)13-14/h5-8H,1-4H3. The SMILES string of the molecule is COc1ccc2nn(C(C)C)c(C)c2c1. The Bertz CT molecular complexity index is 486. The molecule has 1 heterocycles. The topological polar surface area (TPSA) is 27.1 Å². The zero-order valence-corrected chi connectivity index (χ0v) is 9.61. The summed E-state index contributed by atoms with van der Waals surface area (Å²) in [5.74, 6) is 0.883. The van der Waals surface area contributed by atoms with Gasteiger partial charge in [-0.1, -0.05) is 0 Å². The zero-order chi connectivity index (χ0) is 11.0. The minimum Gasteiger partial charge on any atom is -0.497 e. The van der Waals surface area contributed by atoms with Crippen molar-refractivity contribution in [3.8, 4) is 5.75 Å². The van der Waals surface area contributed by atoms with Crippen molar-refractivity contribution in [2.45, 2.75) is 26.8 Å². The molecule has 0 spiro atoms. The van der Waals surface area contributed by atoms with E-state index in [0.717, 1.165) is 11.3 Å². The highest BCUT2D eigenvalue weighted by molar-refractivity contribution is 5.82. The lowest BCUT2D eigenvalue weighted by molar-refractivity contribution is 0.415. The quantitative estimate of drug-likeness (QED) is 0.752. The van der Waals surface area contributed by atoms with Crippen LogP contribution in [0.3, 0.4) is 0 Å². The molecule has 3 nitrogen and oxygen atoms in total.